The highest BCUT2D eigenvalue weighted by Gasteiger charge is 2.31. The van der Waals surface area contributed by atoms with Crippen molar-refractivity contribution in [1.29, 1.82) is 0 Å². The zero-order valence-electron chi connectivity index (χ0n) is 12.0. The number of carbonyl (C=O) groups excluding carboxylic acids is 1. The molecular weight excluding hydrogens is 344 g/mol. The molecule has 3 heterocycles. The second-order valence-electron chi connectivity index (χ2n) is 5.25. The fraction of sp³-hybridized carbons (Fsp3) is 0.357. The molecule has 2 N–H and O–H groups in total. The van der Waals surface area contributed by atoms with Crippen LogP contribution in [-0.4, -0.2) is 51.1 Å². The maximum absolute atomic E-state index is 14.3. The van der Waals surface area contributed by atoms with Crippen molar-refractivity contribution < 1.29 is 9.18 Å². The van der Waals surface area contributed by atoms with Crippen LogP contribution in [0.3, 0.4) is 0 Å². The summed E-state index contributed by atoms with van der Waals surface area (Å²) >= 11 is 12.0. The SMILES string of the molecule is C=CC(=O)N1CC[C@@H](F)[C@@H](Nc2nc(Cl)nc3[nH]cc(Cl)c23)C1. The molecule has 0 unspecified atom stereocenters. The summed E-state index contributed by atoms with van der Waals surface area (Å²) in [5.41, 5.74) is 0.461. The zero-order valence-corrected chi connectivity index (χ0v) is 13.5. The molecule has 0 aromatic carbocycles. The molecule has 2 aromatic heterocycles. The van der Waals surface area contributed by atoms with Crippen LogP contribution in [0, 0.1) is 0 Å². The van der Waals surface area contributed by atoms with Gasteiger partial charge in [-0.3, -0.25) is 4.79 Å². The maximum Gasteiger partial charge on any atom is 0.246 e. The van der Waals surface area contributed by atoms with Crippen molar-refractivity contribution in [2.45, 2.75) is 18.6 Å². The molecule has 1 aliphatic rings. The topological polar surface area (TPSA) is 73.9 Å². The number of aromatic nitrogens is 3. The number of alkyl halides is 1. The number of halogens is 3. The van der Waals surface area contributed by atoms with Crippen LogP contribution in [0.2, 0.25) is 10.3 Å². The predicted octanol–water partition coefficient (Wildman–Crippen LogP) is 2.80. The third-order valence-corrected chi connectivity index (χ3v) is 4.26. The highest BCUT2D eigenvalue weighted by molar-refractivity contribution is 6.36. The minimum atomic E-state index is -1.12. The summed E-state index contributed by atoms with van der Waals surface area (Å²) in [6.45, 7) is 4.02. The number of hydrogen-bond acceptors (Lipinski definition) is 4. The molecule has 2 aromatic rings. The molecule has 122 valence electrons. The van der Waals surface area contributed by atoms with Crippen molar-refractivity contribution in [2.75, 3.05) is 18.4 Å². The monoisotopic (exact) mass is 357 g/mol. The first kappa shape index (κ1) is 16.0. The fourth-order valence-electron chi connectivity index (χ4n) is 2.64. The van der Waals surface area contributed by atoms with Gasteiger partial charge < -0.3 is 15.2 Å². The number of amides is 1. The van der Waals surface area contributed by atoms with Crippen molar-refractivity contribution >= 4 is 46.0 Å². The summed E-state index contributed by atoms with van der Waals surface area (Å²) in [4.78, 5) is 24.3. The van der Waals surface area contributed by atoms with E-state index in [0.717, 1.165) is 0 Å². The van der Waals surface area contributed by atoms with Gasteiger partial charge in [-0.1, -0.05) is 18.2 Å². The van der Waals surface area contributed by atoms with Crippen LogP contribution in [0.1, 0.15) is 6.42 Å². The first-order valence-electron chi connectivity index (χ1n) is 7.01. The molecular formula is C14H14Cl2FN5O. The van der Waals surface area contributed by atoms with Gasteiger partial charge in [0.2, 0.25) is 11.2 Å². The van der Waals surface area contributed by atoms with Gasteiger partial charge in [0.25, 0.3) is 0 Å². The fourth-order valence-corrected chi connectivity index (χ4v) is 3.04. The van der Waals surface area contributed by atoms with Crippen LogP contribution in [0.15, 0.2) is 18.9 Å². The maximum atomic E-state index is 14.3. The van der Waals surface area contributed by atoms with Gasteiger partial charge in [0.15, 0.2) is 0 Å². The number of piperidine rings is 1. The highest BCUT2D eigenvalue weighted by Crippen LogP contribution is 2.30. The Morgan fingerprint density at radius 1 is 1.52 bits per heavy atom. The summed E-state index contributed by atoms with van der Waals surface area (Å²) in [5, 5.41) is 3.97. The Hall–Kier alpha value is -1.86. The van der Waals surface area contributed by atoms with Gasteiger partial charge in [-0.05, 0) is 24.1 Å². The minimum absolute atomic E-state index is 0.0174. The summed E-state index contributed by atoms with van der Waals surface area (Å²) in [7, 11) is 0. The molecule has 6 nitrogen and oxygen atoms in total. The molecule has 0 spiro atoms. The zero-order chi connectivity index (χ0) is 16.6. The van der Waals surface area contributed by atoms with E-state index in [2.05, 4.69) is 26.8 Å². The van der Waals surface area contributed by atoms with Crippen molar-refractivity contribution in [3.8, 4) is 0 Å². The standard InChI is InChI=1S/C14H14Cl2FN5O/c1-2-10(23)22-4-3-8(17)9(6-22)19-13-11-7(15)5-18-12(11)20-14(16)21-13/h2,5,8-9H,1,3-4,6H2,(H2,18,19,20,21)/t8-,9+/m1/s1. The Morgan fingerprint density at radius 3 is 3.04 bits per heavy atom. The van der Waals surface area contributed by atoms with Gasteiger partial charge in [0.05, 0.1) is 16.5 Å². The Balaban J connectivity index is 1.89. The van der Waals surface area contributed by atoms with Crippen LogP contribution in [-0.2, 0) is 4.79 Å². The average Bonchev–Trinajstić information content (AvgIpc) is 2.89. The molecule has 3 rings (SSSR count). The lowest BCUT2D eigenvalue weighted by Crippen LogP contribution is -2.50. The number of H-pyrrole nitrogens is 1. The molecule has 1 amide bonds. The quantitative estimate of drug-likeness (QED) is 0.654. The van der Waals surface area contributed by atoms with Crippen LogP contribution in [0.5, 0.6) is 0 Å². The van der Waals surface area contributed by atoms with Crippen molar-refractivity contribution in [1.82, 2.24) is 19.9 Å². The van der Waals surface area contributed by atoms with Crippen LogP contribution >= 0.6 is 23.2 Å². The number of carbonyl (C=O) groups is 1. The predicted molar refractivity (Wildman–Crippen MR) is 87.6 cm³/mol. The second-order valence-corrected chi connectivity index (χ2v) is 5.99. The first-order chi connectivity index (χ1) is 11.0. The smallest absolute Gasteiger partial charge is 0.246 e. The van der Waals surface area contributed by atoms with Crippen molar-refractivity contribution in [2.24, 2.45) is 0 Å². The Labute approximate surface area is 141 Å². The normalized spacial score (nSPS) is 21.4. The van der Waals surface area contributed by atoms with Crippen molar-refractivity contribution in [3.05, 3.63) is 29.2 Å². The number of rotatable bonds is 3. The van der Waals surface area contributed by atoms with Gasteiger partial charge in [-0.25, -0.2) is 4.39 Å². The van der Waals surface area contributed by atoms with Gasteiger partial charge in [0.1, 0.15) is 17.6 Å². The van der Waals surface area contributed by atoms with Gasteiger partial charge >= 0.3 is 0 Å². The Kier molecular flexibility index (Phi) is 4.41. The molecule has 1 aliphatic heterocycles. The lowest BCUT2D eigenvalue weighted by Gasteiger charge is -2.35. The highest BCUT2D eigenvalue weighted by atomic mass is 35.5. The molecule has 1 fully saturated rings. The second kappa shape index (κ2) is 6.33. The number of anilines is 1. The van der Waals surface area contributed by atoms with E-state index in [0.29, 0.717) is 28.4 Å². The summed E-state index contributed by atoms with van der Waals surface area (Å²) in [5.74, 6) is 0.112. The molecule has 2 atom stereocenters. The molecule has 0 saturated carbocycles. The van der Waals surface area contributed by atoms with E-state index in [4.69, 9.17) is 23.2 Å². The third kappa shape index (κ3) is 3.11. The number of hydrogen-bond donors (Lipinski definition) is 2. The van der Waals surface area contributed by atoms with Gasteiger partial charge in [-0.2, -0.15) is 9.97 Å². The Bertz CT molecular complexity index is 765. The van der Waals surface area contributed by atoms with E-state index in [9.17, 15) is 9.18 Å². The summed E-state index contributed by atoms with van der Waals surface area (Å²) in [6.07, 6.45) is 1.90. The number of fused-ring (bicyclic) bond motifs is 1. The molecule has 23 heavy (non-hydrogen) atoms. The van der Waals surface area contributed by atoms with Crippen LogP contribution < -0.4 is 5.32 Å². The summed E-state index contributed by atoms with van der Waals surface area (Å²) < 4.78 is 14.3. The average molecular weight is 358 g/mol. The molecule has 1 saturated heterocycles. The van der Waals surface area contributed by atoms with Crippen LogP contribution in [0.4, 0.5) is 10.2 Å². The lowest BCUT2D eigenvalue weighted by atomic mass is 10.0. The third-order valence-electron chi connectivity index (χ3n) is 3.79. The van der Waals surface area contributed by atoms with Gasteiger partial charge in [0, 0.05) is 19.3 Å². The largest absolute Gasteiger partial charge is 0.362 e. The summed E-state index contributed by atoms with van der Waals surface area (Å²) in [6, 6.07) is -0.618. The van der Waals surface area contributed by atoms with E-state index in [1.54, 1.807) is 11.1 Å². The van der Waals surface area contributed by atoms with Crippen molar-refractivity contribution in [3.63, 3.8) is 0 Å². The van der Waals surface area contributed by atoms with Crippen LogP contribution in [0.25, 0.3) is 11.0 Å². The number of aromatic amines is 1. The molecule has 0 bridgehead atoms. The molecule has 9 heteroatoms. The first-order valence-corrected chi connectivity index (χ1v) is 7.77. The van der Waals surface area contributed by atoms with E-state index >= 15 is 0 Å². The van der Waals surface area contributed by atoms with Gasteiger partial charge in [-0.15, -0.1) is 0 Å². The van der Waals surface area contributed by atoms with E-state index in [-0.39, 0.29) is 24.2 Å². The van der Waals surface area contributed by atoms with E-state index in [1.807, 2.05) is 0 Å². The van der Waals surface area contributed by atoms with E-state index < -0.39 is 12.2 Å². The molecule has 0 radical (unpaired) electrons. The molecule has 0 aliphatic carbocycles. The number of likely N-dealkylation sites (tertiary alicyclic amines) is 1. The lowest BCUT2D eigenvalue weighted by molar-refractivity contribution is -0.127. The Morgan fingerprint density at radius 2 is 2.30 bits per heavy atom. The number of nitrogens with one attached hydrogen (secondary N) is 2. The number of nitrogens with zero attached hydrogens (tertiary/aromatic N) is 3. The van der Waals surface area contributed by atoms with E-state index in [1.165, 1.54) is 6.08 Å². The minimum Gasteiger partial charge on any atom is -0.362 e.